The zero-order valence-corrected chi connectivity index (χ0v) is 26.3. The molecule has 3 aromatic rings. The lowest BCUT2D eigenvalue weighted by molar-refractivity contribution is -0.192. The van der Waals surface area contributed by atoms with E-state index in [1.54, 1.807) is 6.07 Å². The average molecular weight is 645 g/mol. The fraction of sp³-hybridized carbons (Fsp3) is 0.576. The molecule has 0 radical (unpaired) electrons. The van der Waals surface area contributed by atoms with Crippen molar-refractivity contribution in [2.24, 2.45) is 5.92 Å². The van der Waals surface area contributed by atoms with Gasteiger partial charge in [0.05, 0.1) is 13.2 Å². The topological polar surface area (TPSA) is 113 Å². The minimum Gasteiger partial charge on any atom is -0.475 e. The molecule has 4 heterocycles. The van der Waals surface area contributed by atoms with E-state index >= 15 is 0 Å². The fourth-order valence-corrected chi connectivity index (χ4v) is 6.64. The first-order valence-electron chi connectivity index (χ1n) is 16.2. The molecule has 0 spiro atoms. The van der Waals surface area contributed by atoms with Crippen molar-refractivity contribution in [2.75, 3.05) is 56.2 Å². The number of rotatable bonds is 8. The van der Waals surface area contributed by atoms with Gasteiger partial charge in [-0.05, 0) is 87.7 Å². The zero-order valence-electron chi connectivity index (χ0n) is 26.3. The maximum absolute atomic E-state index is 12.9. The van der Waals surface area contributed by atoms with Gasteiger partial charge >= 0.3 is 12.1 Å². The molecule has 46 heavy (non-hydrogen) atoms. The average Bonchev–Trinajstić information content (AvgIpc) is 3.57. The van der Waals surface area contributed by atoms with Crippen LogP contribution < -0.4 is 15.8 Å². The Balaban J connectivity index is 0.000000537. The third kappa shape index (κ3) is 8.75. The molecule has 6 rings (SSSR count). The van der Waals surface area contributed by atoms with Gasteiger partial charge in [0.25, 0.3) is 5.56 Å². The monoisotopic (exact) mass is 644 g/mol. The van der Waals surface area contributed by atoms with Crippen molar-refractivity contribution in [3.8, 4) is 0 Å². The number of nitrogens with one attached hydrogen (secondary N) is 1. The second kappa shape index (κ2) is 15.3. The van der Waals surface area contributed by atoms with E-state index in [9.17, 15) is 18.0 Å². The van der Waals surface area contributed by atoms with E-state index in [1.165, 1.54) is 50.8 Å². The van der Waals surface area contributed by atoms with Gasteiger partial charge in [-0.1, -0.05) is 12.8 Å². The molecule has 0 amide bonds. The first kappa shape index (κ1) is 33.6. The SMILES string of the molecule is Cc1cc(=O)n(C2CCCC2)c2nc(Nc3ccc(N4CCC(CCCN5CCOCC5)CC4)cc3)ncc12.O=C(O)C(F)(F)F. The van der Waals surface area contributed by atoms with Crippen molar-refractivity contribution in [3.63, 3.8) is 0 Å². The number of carboxylic acids is 1. The number of hydrogen-bond donors (Lipinski definition) is 2. The molecule has 3 fully saturated rings. The van der Waals surface area contributed by atoms with Gasteiger partial charge in [0.15, 0.2) is 0 Å². The van der Waals surface area contributed by atoms with E-state index in [-0.39, 0.29) is 11.6 Å². The lowest BCUT2D eigenvalue weighted by atomic mass is 9.92. The van der Waals surface area contributed by atoms with Crippen molar-refractivity contribution in [2.45, 2.75) is 70.5 Å². The number of benzene rings is 1. The van der Waals surface area contributed by atoms with Gasteiger partial charge in [0, 0.05) is 61.2 Å². The number of aromatic nitrogens is 3. The van der Waals surface area contributed by atoms with Crippen molar-refractivity contribution in [3.05, 3.63) is 52.4 Å². The highest BCUT2D eigenvalue weighted by atomic mass is 19.4. The second-order valence-corrected chi connectivity index (χ2v) is 12.4. The first-order valence-corrected chi connectivity index (χ1v) is 16.2. The number of aryl methyl sites for hydroxylation is 1. The standard InChI is InChI=1S/C31H42N6O2.C2HF3O2/c1-23-21-29(38)37(27-6-2-3-7-27)30-28(23)22-32-31(34-30)33-25-8-10-26(11-9-25)36-15-12-24(13-16-36)5-4-14-35-17-19-39-20-18-35;3-2(4,5)1(6)7/h8-11,21-22,24,27H,2-7,12-20H2,1H3,(H,32,33,34);(H,6,7). The zero-order chi connectivity index (χ0) is 32.7. The van der Waals surface area contributed by atoms with Crippen molar-refractivity contribution >= 4 is 34.3 Å². The summed E-state index contributed by atoms with van der Waals surface area (Å²) in [6, 6.07) is 10.6. The smallest absolute Gasteiger partial charge is 0.475 e. The fourth-order valence-electron chi connectivity index (χ4n) is 6.64. The summed E-state index contributed by atoms with van der Waals surface area (Å²) in [6.07, 6.45) is 6.38. The van der Waals surface area contributed by atoms with Crippen molar-refractivity contribution < 1.29 is 27.8 Å². The number of carbonyl (C=O) groups is 1. The summed E-state index contributed by atoms with van der Waals surface area (Å²) >= 11 is 0. The summed E-state index contributed by atoms with van der Waals surface area (Å²) in [7, 11) is 0. The summed E-state index contributed by atoms with van der Waals surface area (Å²) in [5, 5.41) is 11.4. The van der Waals surface area contributed by atoms with E-state index in [4.69, 9.17) is 19.6 Å². The number of carboxylic acid groups (broad SMARTS) is 1. The van der Waals surface area contributed by atoms with Gasteiger partial charge in [-0.3, -0.25) is 14.3 Å². The number of pyridine rings is 1. The Labute approximate surface area is 266 Å². The normalized spacial score (nSPS) is 18.4. The maximum atomic E-state index is 12.9. The molecule has 3 aliphatic rings. The molecular weight excluding hydrogens is 601 g/mol. The van der Waals surface area contributed by atoms with Gasteiger partial charge in [-0.25, -0.2) is 9.78 Å². The molecule has 0 bridgehead atoms. The largest absolute Gasteiger partial charge is 0.490 e. The van der Waals surface area contributed by atoms with Crippen LogP contribution in [-0.2, 0) is 9.53 Å². The van der Waals surface area contributed by atoms with E-state index < -0.39 is 12.1 Å². The van der Waals surface area contributed by atoms with Crippen molar-refractivity contribution in [1.82, 2.24) is 19.4 Å². The highest BCUT2D eigenvalue weighted by Gasteiger charge is 2.38. The summed E-state index contributed by atoms with van der Waals surface area (Å²) in [5.41, 5.74) is 3.95. The number of nitrogens with zero attached hydrogens (tertiary/aromatic N) is 5. The Bertz CT molecular complexity index is 1510. The van der Waals surface area contributed by atoms with E-state index in [2.05, 4.69) is 44.4 Å². The molecule has 250 valence electrons. The summed E-state index contributed by atoms with van der Waals surface area (Å²) < 4.78 is 39.1. The number of morpholine rings is 1. The van der Waals surface area contributed by atoms with Crippen LogP contribution in [0.15, 0.2) is 41.3 Å². The predicted octanol–water partition coefficient (Wildman–Crippen LogP) is 5.92. The van der Waals surface area contributed by atoms with E-state index in [0.29, 0.717) is 5.95 Å². The Morgan fingerprint density at radius 2 is 1.70 bits per heavy atom. The van der Waals surface area contributed by atoms with E-state index in [1.807, 2.05) is 17.7 Å². The number of anilines is 3. The third-order valence-corrected chi connectivity index (χ3v) is 9.22. The van der Waals surface area contributed by atoms with Gasteiger partial charge in [-0.2, -0.15) is 18.2 Å². The minimum atomic E-state index is -5.08. The minimum absolute atomic E-state index is 0.0433. The van der Waals surface area contributed by atoms with E-state index in [0.717, 1.165) is 80.4 Å². The van der Waals surface area contributed by atoms with Crippen LogP contribution in [0.3, 0.4) is 0 Å². The molecule has 2 N–H and O–H groups in total. The lowest BCUT2D eigenvalue weighted by Gasteiger charge is -2.34. The van der Waals surface area contributed by atoms with Crippen LogP contribution in [0.25, 0.3) is 11.0 Å². The second-order valence-electron chi connectivity index (χ2n) is 12.4. The van der Waals surface area contributed by atoms with Gasteiger partial charge in [-0.15, -0.1) is 0 Å². The summed E-state index contributed by atoms with van der Waals surface area (Å²) in [5.74, 6) is -1.38. The molecule has 1 saturated carbocycles. The highest BCUT2D eigenvalue weighted by Crippen LogP contribution is 2.32. The van der Waals surface area contributed by atoms with Crippen LogP contribution in [0, 0.1) is 12.8 Å². The molecule has 1 aromatic carbocycles. The molecule has 0 atom stereocenters. The molecule has 2 aliphatic heterocycles. The number of alkyl halides is 3. The molecule has 10 nitrogen and oxygen atoms in total. The molecule has 2 saturated heterocycles. The molecule has 13 heteroatoms. The van der Waals surface area contributed by atoms with Crippen LogP contribution in [-0.4, -0.2) is 82.6 Å². The maximum Gasteiger partial charge on any atom is 0.490 e. The molecular formula is C33H43F3N6O4. The van der Waals surface area contributed by atoms with Crippen LogP contribution in [0.2, 0.25) is 0 Å². The van der Waals surface area contributed by atoms with Gasteiger partial charge in [0.2, 0.25) is 5.95 Å². The number of piperidine rings is 1. The number of hydrogen-bond acceptors (Lipinski definition) is 8. The molecule has 2 aromatic heterocycles. The predicted molar refractivity (Wildman–Crippen MR) is 171 cm³/mol. The number of ether oxygens (including phenoxy) is 1. The van der Waals surface area contributed by atoms with Crippen molar-refractivity contribution in [1.29, 1.82) is 0 Å². The third-order valence-electron chi connectivity index (χ3n) is 9.22. The number of fused-ring (bicyclic) bond motifs is 1. The van der Waals surface area contributed by atoms with Crippen LogP contribution in [0.1, 0.15) is 63.0 Å². The summed E-state index contributed by atoms with van der Waals surface area (Å²) in [6.45, 7) is 9.41. The highest BCUT2D eigenvalue weighted by molar-refractivity contribution is 5.79. The quantitative estimate of drug-likeness (QED) is 0.309. The van der Waals surface area contributed by atoms with Crippen LogP contribution >= 0.6 is 0 Å². The number of halogens is 3. The Morgan fingerprint density at radius 3 is 2.33 bits per heavy atom. The molecule has 1 aliphatic carbocycles. The van der Waals surface area contributed by atoms with Crippen LogP contribution in [0.5, 0.6) is 0 Å². The lowest BCUT2D eigenvalue weighted by Crippen LogP contribution is -2.37. The number of aliphatic carboxylic acids is 1. The Hall–Kier alpha value is -3.71. The Kier molecular flexibility index (Phi) is 11.2. The van der Waals surface area contributed by atoms with Gasteiger partial charge in [0.1, 0.15) is 5.65 Å². The summed E-state index contributed by atoms with van der Waals surface area (Å²) in [4.78, 5) is 36.3. The van der Waals surface area contributed by atoms with Crippen LogP contribution in [0.4, 0.5) is 30.5 Å². The Morgan fingerprint density at radius 1 is 1.04 bits per heavy atom. The van der Waals surface area contributed by atoms with Gasteiger partial charge < -0.3 is 20.1 Å². The first-order chi connectivity index (χ1) is 22.1. The molecule has 0 unspecified atom stereocenters.